The minimum atomic E-state index is -0.0720. The van der Waals surface area contributed by atoms with Crippen molar-refractivity contribution in [1.29, 1.82) is 0 Å². The smallest absolute Gasteiger partial charge is 0.166 e. The van der Waals surface area contributed by atoms with Gasteiger partial charge in [-0.15, -0.1) is 0 Å². The first-order valence-electron chi connectivity index (χ1n) is 4.08. The number of hydrogen-bond acceptors (Lipinski definition) is 2. The lowest BCUT2D eigenvalue weighted by Crippen LogP contribution is -1.97. The van der Waals surface area contributed by atoms with Gasteiger partial charge in [-0.2, -0.15) is 0 Å². The van der Waals surface area contributed by atoms with Gasteiger partial charge < -0.3 is 5.11 Å². The van der Waals surface area contributed by atoms with Gasteiger partial charge in [0, 0.05) is 11.4 Å². The first-order valence-corrected chi connectivity index (χ1v) is 4.46. The van der Waals surface area contributed by atoms with Gasteiger partial charge in [-0.3, -0.25) is 4.79 Å². The molecule has 70 valence electrons. The van der Waals surface area contributed by atoms with Gasteiger partial charge in [-0.05, 0) is 24.6 Å². The molecule has 0 amide bonds. The van der Waals surface area contributed by atoms with Crippen LogP contribution in [0.5, 0.6) is 5.75 Å². The molecule has 0 radical (unpaired) electrons. The fourth-order valence-corrected chi connectivity index (χ4v) is 1.24. The van der Waals surface area contributed by atoms with E-state index in [0.717, 1.165) is 5.56 Å². The molecule has 0 aliphatic heterocycles. The summed E-state index contributed by atoms with van der Waals surface area (Å²) in [6.07, 6.45) is 0.384. The second-order valence-corrected chi connectivity index (χ2v) is 3.30. The van der Waals surface area contributed by atoms with E-state index in [1.165, 1.54) is 6.07 Å². The van der Waals surface area contributed by atoms with Crippen molar-refractivity contribution in [2.75, 3.05) is 0 Å². The fourth-order valence-electron chi connectivity index (χ4n) is 1.08. The molecular weight excluding hydrogens is 188 g/mol. The zero-order valence-electron chi connectivity index (χ0n) is 7.60. The molecule has 0 bridgehead atoms. The molecule has 1 rings (SSSR count). The molecule has 0 aromatic heterocycles. The summed E-state index contributed by atoms with van der Waals surface area (Å²) in [5.41, 5.74) is 1.15. The molecule has 1 aromatic rings. The fraction of sp³-hybridized carbons (Fsp3) is 0.300. The van der Waals surface area contributed by atoms with Gasteiger partial charge in [0.15, 0.2) is 5.78 Å². The number of carbonyl (C=O) groups is 1. The number of phenols is 1. The summed E-state index contributed by atoms with van der Waals surface area (Å²) in [7, 11) is 0. The molecule has 1 aromatic carbocycles. The van der Waals surface area contributed by atoms with Crippen LogP contribution in [0.25, 0.3) is 0 Å². The largest absolute Gasteiger partial charge is 0.507 e. The summed E-state index contributed by atoms with van der Waals surface area (Å²) in [5.74, 6) is -0.111. The van der Waals surface area contributed by atoms with Crippen LogP contribution in [0.4, 0.5) is 0 Å². The van der Waals surface area contributed by atoms with E-state index in [9.17, 15) is 9.90 Å². The van der Waals surface area contributed by atoms with E-state index in [0.29, 0.717) is 17.0 Å². The molecule has 0 aliphatic rings. The Balaban J connectivity index is 3.23. The number of phenolic OH excluding ortho intramolecular Hbond substituents is 1. The maximum atomic E-state index is 11.3. The average molecular weight is 199 g/mol. The van der Waals surface area contributed by atoms with Gasteiger partial charge in [-0.25, -0.2) is 0 Å². The van der Waals surface area contributed by atoms with Crippen molar-refractivity contribution in [1.82, 2.24) is 0 Å². The van der Waals surface area contributed by atoms with Crippen LogP contribution < -0.4 is 0 Å². The van der Waals surface area contributed by atoms with Crippen LogP contribution in [0.15, 0.2) is 12.1 Å². The van der Waals surface area contributed by atoms with Crippen molar-refractivity contribution in [2.24, 2.45) is 0 Å². The Morgan fingerprint density at radius 1 is 1.54 bits per heavy atom. The number of benzene rings is 1. The maximum Gasteiger partial charge on any atom is 0.166 e. The van der Waals surface area contributed by atoms with Crippen molar-refractivity contribution < 1.29 is 9.90 Å². The highest BCUT2D eigenvalue weighted by Crippen LogP contribution is 2.26. The number of hydrogen-bond donors (Lipinski definition) is 1. The number of ketones is 1. The van der Waals surface area contributed by atoms with Crippen LogP contribution in [0.3, 0.4) is 0 Å². The summed E-state index contributed by atoms with van der Waals surface area (Å²) < 4.78 is 0. The van der Waals surface area contributed by atoms with Crippen molar-refractivity contribution in [3.63, 3.8) is 0 Å². The lowest BCUT2D eigenvalue weighted by Gasteiger charge is -2.04. The van der Waals surface area contributed by atoms with E-state index in [1.807, 2.05) is 0 Å². The lowest BCUT2D eigenvalue weighted by molar-refractivity contribution is 0.0985. The molecule has 0 aliphatic carbocycles. The highest BCUT2D eigenvalue weighted by Gasteiger charge is 2.10. The molecule has 0 saturated carbocycles. The highest BCUT2D eigenvalue weighted by molar-refractivity contribution is 6.31. The summed E-state index contributed by atoms with van der Waals surface area (Å²) in [4.78, 5) is 11.3. The van der Waals surface area contributed by atoms with Gasteiger partial charge in [-0.1, -0.05) is 18.5 Å². The van der Waals surface area contributed by atoms with Crippen molar-refractivity contribution in [2.45, 2.75) is 20.3 Å². The Hall–Kier alpha value is -1.02. The zero-order valence-corrected chi connectivity index (χ0v) is 8.35. The predicted molar refractivity (Wildman–Crippen MR) is 52.5 cm³/mol. The Labute approximate surface area is 82.2 Å². The number of carbonyl (C=O) groups excluding carboxylic acids is 1. The van der Waals surface area contributed by atoms with Crippen molar-refractivity contribution in [3.8, 4) is 5.75 Å². The maximum absolute atomic E-state index is 11.3. The second-order valence-electron chi connectivity index (χ2n) is 2.90. The first-order chi connectivity index (χ1) is 6.06. The van der Waals surface area contributed by atoms with E-state index in [1.54, 1.807) is 19.9 Å². The number of Topliss-reactive ketones (excluding diaryl/α,β-unsaturated/α-hetero) is 1. The van der Waals surface area contributed by atoms with Gasteiger partial charge in [0.2, 0.25) is 0 Å². The van der Waals surface area contributed by atoms with E-state index in [-0.39, 0.29) is 11.5 Å². The lowest BCUT2D eigenvalue weighted by atomic mass is 10.1. The third-order valence-corrected chi connectivity index (χ3v) is 2.31. The van der Waals surface area contributed by atoms with E-state index < -0.39 is 0 Å². The van der Waals surface area contributed by atoms with Crippen LogP contribution >= 0.6 is 11.6 Å². The predicted octanol–water partition coefficient (Wildman–Crippen LogP) is 2.95. The molecule has 0 saturated heterocycles. The van der Waals surface area contributed by atoms with Gasteiger partial charge in [0.1, 0.15) is 5.75 Å². The average Bonchev–Trinajstić information content (AvgIpc) is 2.10. The monoisotopic (exact) mass is 198 g/mol. The van der Waals surface area contributed by atoms with Gasteiger partial charge in [0.25, 0.3) is 0 Å². The van der Waals surface area contributed by atoms with Crippen LogP contribution in [0, 0.1) is 6.92 Å². The molecule has 2 nitrogen and oxygen atoms in total. The molecule has 0 spiro atoms. The standard InChI is InChI=1S/C10H11ClO2/c1-3-9(12)7-4-6(2)8(11)5-10(7)13/h4-5,13H,3H2,1-2H3. The molecule has 0 unspecified atom stereocenters. The third-order valence-electron chi connectivity index (χ3n) is 1.90. The Morgan fingerprint density at radius 3 is 2.69 bits per heavy atom. The second kappa shape index (κ2) is 3.79. The molecule has 3 heteroatoms. The Bertz CT molecular complexity index is 345. The SMILES string of the molecule is CCC(=O)c1cc(C)c(Cl)cc1O. The molecule has 0 fully saturated rings. The van der Waals surface area contributed by atoms with Crippen LogP contribution in [-0.4, -0.2) is 10.9 Å². The van der Waals surface area contributed by atoms with E-state index in [4.69, 9.17) is 11.6 Å². The molecular formula is C10H11ClO2. The first kappa shape index (κ1) is 10.1. The van der Waals surface area contributed by atoms with E-state index >= 15 is 0 Å². The Kier molecular flexibility index (Phi) is 2.94. The van der Waals surface area contributed by atoms with Crippen LogP contribution in [-0.2, 0) is 0 Å². The topological polar surface area (TPSA) is 37.3 Å². The number of aryl methyl sites for hydroxylation is 1. The summed E-state index contributed by atoms with van der Waals surface area (Å²) >= 11 is 5.76. The van der Waals surface area contributed by atoms with Gasteiger partial charge in [0.05, 0.1) is 5.56 Å². The minimum absolute atomic E-state index is 0.0394. The molecule has 0 atom stereocenters. The summed E-state index contributed by atoms with van der Waals surface area (Å²) in [6, 6.07) is 3.02. The summed E-state index contributed by atoms with van der Waals surface area (Å²) in [5, 5.41) is 9.89. The highest BCUT2D eigenvalue weighted by atomic mass is 35.5. The normalized spacial score (nSPS) is 10.1. The zero-order chi connectivity index (χ0) is 10.0. The van der Waals surface area contributed by atoms with Crippen LogP contribution in [0.1, 0.15) is 29.3 Å². The minimum Gasteiger partial charge on any atom is -0.507 e. The van der Waals surface area contributed by atoms with Crippen molar-refractivity contribution in [3.05, 3.63) is 28.3 Å². The van der Waals surface area contributed by atoms with Crippen LogP contribution in [0.2, 0.25) is 5.02 Å². The third kappa shape index (κ3) is 2.01. The van der Waals surface area contributed by atoms with Gasteiger partial charge >= 0.3 is 0 Å². The number of halogens is 1. The van der Waals surface area contributed by atoms with E-state index in [2.05, 4.69) is 0 Å². The number of aromatic hydroxyl groups is 1. The number of rotatable bonds is 2. The van der Waals surface area contributed by atoms with Crippen molar-refractivity contribution >= 4 is 17.4 Å². The molecule has 13 heavy (non-hydrogen) atoms. The molecule has 0 heterocycles. The molecule has 1 N–H and O–H groups in total. The quantitative estimate of drug-likeness (QED) is 0.742. The summed E-state index contributed by atoms with van der Waals surface area (Å²) in [6.45, 7) is 3.56. The Morgan fingerprint density at radius 2 is 2.15 bits per heavy atom.